The number of aryl methyl sites for hydroxylation is 2. The Kier molecular flexibility index (Phi) is 7.49. The predicted octanol–water partition coefficient (Wildman–Crippen LogP) is 3.94. The number of anilines is 1. The second kappa shape index (κ2) is 9.43. The number of carbonyl (C=O) groups excluding carboxylic acids is 1. The Labute approximate surface area is 172 Å². The zero-order valence-corrected chi connectivity index (χ0v) is 18.3. The fraction of sp³-hybridized carbons (Fsp3) is 0.381. The summed E-state index contributed by atoms with van der Waals surface area (Å²) in [6, 6.07) is 11.8. The average Bonchev–Trinajstić information content (AvgIpc) is 2.64. The van der Waals surface area contributed by atoms with Gasteiger partial charge in [0.15, 0.2) is 0 Å². The number of carbonyl (C=O) groups is 1. The molecule has 0 aliphatic carbocycles. The molecule has 2 rings (SSSR count). The van der Waals surface area contributed by atoms with E-state index in [1.54, 1.807) is 25.1 Å². The highest BCUT2D eigenvalue weighted by molar-refractivity contribution is 7.92. The lowest BCUT2D eigenvalue weighted by Gasteiger charge is -2.28. The van der Waals surface area contributed by atoms with Gasteiger partial charge in [-0.05, 0) is 54.7 Å². The van der Waals surface area contributed by atoms with E-state index < -0.39 is 16.1 Å². The van der Waals surface area contributed by atoms with Gasteiger partial charge in [0.1, 0.15) is 6.04 Å². The van der Waals surface area contributed by atoms with Gasteiger partial charge >= 0.3 is 0 Å². The van der Waals surface area contributed by atoms with Crippen LogP contribution in [0.25, 0.3) is 0 Å². The highest BCUT2D eigenvalue weighted by atomic mass is 35.5. The standard InChI is InChI=1S/C21H27ClN2O3S/c1-5-16-10-11-17(6-2)18(12-16)14-23-21(25)15(3)24(28(4,26)27)20-9-7-8-19(22)13-20/h7-13,15H,5-6,14H2,1-4H3,(H,23,25)/t15-/m1/s1. The number of amides is 1. The molecule has 0 fully saturated rings. The molecule has 152 valence electrons. The molecular formula is C21H27ClN2O3S. The van der Waals surface area contributed by atoms with Gasteiger partial charge in [0.25, 0.3) is 0 Å². The number of nitrogens with one attached hydrogen (secondary N) is 1. The number of hydrogen-bond acceptors (Lipinski definition) is 3. The zero-order chi connectivity index (χ0) is 20.9. The maximum Gasteiger partial charge on any atom is 0.243 e. The number of halogens is 1. The molecule has 0 radical (unpaired) electrons. The van der Waals surface area contributed by atoms with E-state index in [4.69, 9.17) is 11.6 Å². The number of sulfonamides is 1. The lowest BCUT2D eigenvalue weighted by atomic mass is 10.0. The summed E-state index contributed by atoms with van der Waals surface area (Å²) in [5, 5.41) is 3.29. The second-order valence-electron chi connectivity index (χ2n) is 6.74. The molecule has 1 atom stereocenters. The Hall–Kier alpha value is -2.05. The van der Waals surface area contributed by atoms with Crippen LogP contribution in [0, 0.1) is 0 Å². The Morgan fingerprint density at radius 3 is 2.39 bits per heavy atom. The van der Waals surface area contributed by atoms with Gasteiger partial charge in [0.05, 0.1) is 11.9 Å². The van der Waals surface area contributed by atoms with Crippen molar-refractivity contribution in [3.63, 3.8) is 0 Å². The molecule has 0 bridgehead atoms. The highest BCUT2D eigenvalue weighted by Crippen LogP contribution is 2.24. The Balaban J connectivity index is 2.22. The molecular weight excluding hydrogens is 396 g/mol. The molecule has 0 spiro atoms. The second-order valence-corrected chi connectivity index (χ2v) is 9.04. The van der Waals surface area contributed by atoms with Gasteiger partial charge in [-0.25, -0.2) is 8.42 Å². The van der Waals surface area contributed by atoms with Gasteiger partial charge in [-0.2, -0.15) is 0 Å². The van der Waals surface area contributed by atoms with Crippen LogP contribution in [-0.4, -0.2) is 26.6 Å². The summed E-state index contributed by atoms with van der Waals surface area (Å²) in [4.78, 5) is 12.8. The first-order chi connectivity index (χ1) is 13.2. The van der Waals surface area contributed by atoms with Gasteiger partial charge in [-0.1, -0.05) is 49.7 Å². The van der Waals surface area contributed by atoms with E-state index in [1.165, 1.54) is 17.2 Å². The van der Waals surface area contributed by atoms with Crippen LogP contribution in [0.5, 0.6) is 0 Å². The first-order valence-electron chi connectivity index (χ1n) is 9.30. The van der Waals surface area contributed by atoms with Crippen molar-refractivity contribution in [2.24, 2.45) is 0 Å². The van der Waals surface area contributed by atoms with Crippen molar-refractivity contribution >= 4 is 33.2 Å². The van der Waals surface area contributed by atoms with E-state index in [0.717, 1.165) is 29.0 Å². The lowest BCUT2D eigenvalue weighted by Crippen LogP contribution is -2.47. The summed E-state index contributed by atoms with van der Waals surface area (Å²) < 4.78 is 25.8. The number of rotatable bonds is 8. The topological polar surface area (TPSA) is 66.5 Å². The minimum Gasteiger partial charge on any atom is -0.350 e. The number of benzene rings is 2. The fourth-order valence-corrected chi connectivity index (χ4v) is 4.51. The van der Waals surface area contributed by atoms with Crippen molar-refractivity contribution in [3.05, 3.63) is 64.2 Å². The molecule has 0 saturated heterocycles. The van der Waals surface area contributed by atoms with Crippen molar-refractivity contribution in [1.82, 2.24) is 5.32 Å². The van der Waals surface area contributed by atoms with Gasteiger partial charge in [-0.15, -0.1) is 0 Å². The summed E-state index contributed by atoms with van der Waals surface area (Å²) in [5.41, 5.74) is 3.78. The average molecular weight is 423 g/mol. The fourth-order valence-electron chi connectivity index (χ4n) is 3.16. The first-order valence-corrected chi connectivity index (χ1v) is 11.5. The third-order valence-corrected chi connectivity index (χ3v) is 6.14. The van der Waals surface area contributed by atoms with Crippen LogP contribution in [0.3, 0.4) is 0 Å². The summed E-state index contributed by atoms with van der Waals surface area (Å²) in [6.07, 6.45) is 2.86. The Bertz CT molecular complexity index is 944. The molecule has 0 saturated carbocycles. The van der Waals surface area contributed by atoms with Crippen molar-refractivity contribution in [2.75, 3.05) is 10.6 Å². The van der Waals surface area contributed by atoms with Crippen molar-refractivity contribution < 1.29 is 13.2 Å². The molecule has 2 aromatic carbocycles. The van der Waals surface area contributed by atoms with Crippen LogP contribution in [0.2, 0.25) is 5.02 Å². The summed E-state index contributed by atoms with van der Waals surface area (Å²) in [6.45, 7) is 6.08. The van der Waals surface area contributed by atoms with Crippen LogP contribution in [-0.2, 0) is 34.2 Å². The minimum absolute atomic E-state index is 0.354. The van der Waals surface area contributed by atoms with E-state index in [-0.39, 0.29) is 5.91 Å². The largest absolute Gasteiger partial charge is 0.350 e. The number of nitrogens with zero attached hydrogens (tertiary/aromatic N) is 1. The van der Waals surface area contributed by atoms with Gasteiger partial charge in [0, 0.05) is 11.6 Å². The first kappa shape index (κ1) is 22.2. The van der Waals surface area contributed by atoms with Crippen LogP contribution in [0.4, 0.5) is 5.69 Å². The highest BCUT2D eigenvalue weighted by Gasteiger charge is 2.29. The smallest absolute Gasteiger partial charge is 0.243 e. The molecule has 1 amide bonds. The molecule has 7 heteroatoms. The SMILES string of the molecule is CCc1ccc(CC)c(CNC(=O)[C@@H](C)N(c2cccc(Cl)c2)S(C)(=O)=O)c1. The predicted molar refractivity (Wildman–Crippen MR) is 115 cm³/mol. The maximum absolute atomic E-state index is 12.8. The van der Waals surface area contributed by atoms with Gasteiger partial charge in [0.2, 0.25) is 15.9 Å². The third-order valence-electron chi connectivity index (χ3n) is 4.66. The molecule has 0 aliphatic rings. The van der Waals surface area contributed by atoms with Crippen LogP contribution >= 0.6 is 11.6 Å². The van der Waals surface area contributed by atoms with E-state index in [9.17, 15) is 13.2 Å². The normalized spacial score (nSPS) is 12.5. The molecule has 1 N–H and O–H groups in total. The maximum atomic E-state index is 12.8. The van der Waals surface area contributed by atoms with Crippen LogP contribution in [0.1, 0.15) is 37.5 Å². The van der Waals surface area contributed by atoms with Gasteiger partial charge < -0.3 is 5.32 Å². The minimum atomic E-state index is -3.67. The number of hydrogen-bond donors (Lipinski definition) is 1. The van der Waals surface area contributed by atoms with Gasteiger partial charge in [-0.3, -0.25) is 9.10 Å². The monoisotopic (exact) mass is 422 g/mol. The third kappa shape index (κ3) is 5.49. The Morgan fingerprint density at radius 2 is 1.82 bits per heavy atom. The van der Waals surface area contributed by atoms with E-state index in [1.807, 2.05) is 0 Å². The molecule has 0 heterocycles. The Morgan fingerprint density at radius 1 is 1.11 bits per heavy atom. The quantitative estimate of drug-likeness (QED) is 0.700. The molecule has 2 aromatic rings. The van der Waals surface area contributed by atoms with Crippen LogP contribution in [0.15, 0.2) is 42.5 Å². The molecule has 28 heavy (non-hydrogen) atoms. The summed E-state index contributed by atoms with van der Waals surface area (Å²) in [7, 11) is -3.67. The lowest BCUT2D eigenvalue weighted by molar-refractivity contribution is -0.122. The van der Waals surface area contributed by atoms with E-state index in [0.29, 0.717) is 17.3 Å². The van der Waals surface area contributed by atoms with Crippen molar-refractivity contribution in [3.8, 4) is 0 Å². The van der Waals surface area contributed by atoms with E-state index in [2.05, 4.69) is 37.4 Å². The molecule has 5 nitrogen and oxygen atoms in total. The molecule has 0 aliphatic heterocycles. The summed E-state index contributed by atoms with van der Waals surface area (Å²) in [5.74, 6) is -0.366. The summed E-state index contributed by atoms with van der Waals surface area (Å²) >= 11 is 6.00. The molecule has 0 aromatic heterocycles. The van der Waals surface area contributed by atoms with E-state index >= 15 is 0 Å². The van der Waals surface area contributed by atoms with Crippen molar-refractivity contribution in [2.45, 2.75) is 46.2 Å². The molecule has 0 unspecified atom stereocenters. The van der Waals surface area contributed by atoms with Crippen LogP contribution < -0.4 is 9.62 Å². The van der Waals surface area contributed by atoms with Crippen molar-refractivity contribution in [1.29, 1.82) is 0 Å². The zero-order valence-electron chi connectivity index (χ0n) is 16.7.